The number of pyridine rings is 1. The average Bonchev–Trinajstić information content (AvgIpc) is 2.39. The summed E-state index contributed by atoms with van der Waals surface area (Å²) >= 11 is 1.63. The van der Waals surface area contributed by atoms with Crippen molar-refractivity contribution in [3.05, 3.63) is 48.3 Å². The largest absolute Gasteiger partial charge is 0.366 e. The number of hydrogen-bond acceptors (Lipinski definition) is 3. The van der Waals surface area contributed by atoms with Crippen LogP contribution in [0.25, 0.3) is 11.1 Å². The Labute approximate surface area is 104 Å². The summed E-state index contributed by atoms with van der Waals surface area (Å²) in [5, 5.41) is 0. The molecule has 1 aromatic heterocycles. The van der Waals surface area contributed by atoms with Crippen LogP contribution < -0.4 is 5.73 Å². The first-order chi connectivity index (χ1) is 8.22. The van der Waals surface area contributed by atoms with Gasteiger partial charge in [-0.05, 0) is 36.1 Å². The number of benzene rings is 1. The number of aromatic nitrogens is 1. The van der Waals surface area contributed by atoms with E-state index in [-0.39, 0.29) is 0 Å². The smallest absolute Gasteiger partial charge is 0.248 e. The fraction of sp³-hybridized carbons (Fsp3) is 0.0769. The summed E-state index contributed by atoms with van der Waals surface area (Å²) in [5.74, 6) is -0.414. The highest BCUT2D eigenvalue weighted by Crippen LogP contribution is 2.30. The molecule has 0 saturated heterocycles. The molecule has 0 unspecified atom stereocenters. The van der Waals surface area contributed by atoms with E-state index in [0.29, 0.717) is 5.56 Å². The summed E-state index contributed by atoms with van der Waals surface area (Å²) in [6.45, 7) is 0. The van der Waals surface area contributed by atoms with Crippen molar-refractivity contribution in [2.24, 2.45) is 5.73 Å². The number of carbonyl (C=O) groups is 1. The Morgan fingerprint density at radius 2 is 2.18 bits per heavy atom. The number of primary amides is 1. The van der Waals surface area contributed by atoms with Gasteiger partial charge in [-0.15, -0.1) is 11.8 Å². The third-order valence-electron chi connectivity index (χ3n) is 2.46. The Morgan fingerprint density at radius 1 is 1.35 bits per heavy atom. The van der Waals surface area contributed by atoms with E-state index < -0.39 is 5.91 Å². The lowest BCUT2D eigenvalue weighted by Gasteiger charge is -2.08. The number of nitrogens with zero attached hydrogens (tertiary/aromatic N) is 1. The van der Waals surface area contributed by atoms with Crippen LogP contribution >= 0.6 is 11.8 Å². The van der Waals surface area contributed by atoms with Crippen LogP contribution in [0.4, 0.5) is 0 Å². The third-order valence-corrected chi connectivity index (χ3v) is 3.25. The molecule has 0 spiro atoms. The van der Waals surface area contributed by atoms with E-state index >= 15 is 0 Å². The molecule has 2 aromatic rings. The Hall–Kier alpha value is -1.81. The summed E-state index contributed by atoms with van der Waals surface area (Å²) < 4.78 is 0. The van der Waals surface area contributed by atoms with Crippen LogP contribution in [0.2, 0.25) is 0 Å². The van der Waals surface area contributed by atoms with E-state index in [9.17, 15) is 4.79 Å². The lowest BCUT2D eigenvalue weighted by atomic mass is 10.0. The fourth-order valence-electron chi connectivity index (χ4n) is 1.61. The molecule has 3 nitrogen and oxygen atoms in total. The number of amides is 1. The van der Waals surface area contributed by atoms with Crippen molar-refractivity contribution in [1.29, 1.82) is 0 Å². The molecular formula is C13H12N2OS. The zero-order valence-electron chi connectivity index (χ0n) is 9.38. The van der Waals surface area contributed by atoms with Crippen LogP contribution in [0, 0.1) is 0 Å². The molecule has 4 heteroatoms. The molecular weight excluding hydrogens is 232 g/mol. The molecule has 0 radical (unpaired) electrons. The van der Waals surface area contributed by atoms with Gasteiger partial charge >= 0.3 is 0 Å². The first-order valence-corrected chi connectivity index (χ1v) is 6.33. The Balaban J connectivity index is 2.58. The quantitative estimate of drug-likeness (QED) is 0.844. The molecule has 0 aliphatic rings. The van der Waals surface area contributed by atoms with E-state index in [1.807, 2.05) is 30.5 Å². The Morgan fingerprint density at radius 3 is 2.76 bits per heavy atom. The molecule has 1 amide bonds. The Kier molecular flexibility index (Phi) is 3.44. The maximum absolute atomic E-state index is 11.2. The van der Waals surface area contributed by atoms with Crippen molar-refractivity contribution in [2.75, 3.05) is 6.26 Å². The first kappa shape index (κ1) is 11.7. The summed E-state index contributed by atoms with van der Waals surface area (Å²) in [6.07, 6.45) is 5.50. The normalized spacial score (nSPS) is 10.2. The predicted molar refractivity (Wildman–Crippen MR) is 70.0 cm³/mol. The average molecular weight is 244 g/mol. The lowest BCUT2D eigenvalue weighted by molar-refractivity contribution is 0.100. The minimum absolute atomic E-state index is 0.414. The molecule has 2 rings (SSSR count). The van der Waals surface area contributed by atoms with E-state index in [2.05, 4.69) is 4.98 Å². The monoisotopic (exact) mass is 244 g/mol. The van der Waals surface area contributed by atoms with E-state index in [4.69, 9.17) is 5.73 Å². The first-order valence-electron chi connectivity index (χ1n) is 5.10. The molecule has 86 valence electrons. The van der Waals surface area contributed by atoms with Crippen molar-refractivity contribution in [3.8, 4) is 11.1 Å². The SMILES string of the molecule is CSc1ccc(C(N)=O)cc1-c1cccnc1. The van der Waals surface area contributed by atoms with Crippen molar-refractivity contribution < 1.29 is 4.79 Å². The molecule has 0 bridgehead atoms. The summed E-state index contributed by atoms with van der Waals surface area (Å²) in [6, 6.07) is 9.30. The van der Waals surface area contributed by atoms with Gasteiger partial charge in [-0.1, -0.05) is 6.07 Å². The second-order valence-electron chi connectivity index (χ2n) is 3.52. The molecule has 17 heavy (non-hydrogen) atoms. The van der Waals surface area contributed by atoms with Gasteiger partial charge in [-0.25, -0.2) is 0 Å². The van der Waals surface area contributed by atoms with Gasteiger partial charge in [0.2, 0.25) is 5.91 Å². The minimum Gasteiger partial charge on any atom is -0.366 e. The number of thioether (sulfide) groups is 1. The van der Waals surface area contributed by atoms with Crippen molar-refractivity contribution >= 4 is 17.7 Å². The fourth-order valence-corrected chi connectivity index (χ4v) is 2.21. The van der Waals surface area contributed by atoms with Gasteiger partial charge < -0.3 is 5.73 Å². The Bertz CT molecular complexity index is 540. The zero-order chi connectivity index (χ0) is 12.3. The molecule has 0 aliphatic heterocycles. The van der Waals surface area contributed by atoms with Crippen LogP contribution in [0.5, 0.6) is 0 Å². The molecule has 0 fully saturated rings. The lowest BCUT2D eigenvalue weighted by Crippen LogP contribution is -2.10. The van der Waals surface area contributed by atoms with Gasteiger partial charge in [0.15, 0.2) is 0 Å². The van der Waals surface area contributed by atoms with Crippen LogP contribution in [0.1, 0.15) is 10.4 Å². The van der Waals surface area contributed by atoms with Crippen LogP contribution in [0.15, 0.2) is 47.6 Å². The summed E-state index contributed by atoms with van der Waals surface area (Å²) in [4.78, 5) is 16.4. The molecule has 1 heterocycles. The van der Waals surface area contributed by atoms with E-state index in [0.717, 1.165) is 16.0 Å². The summed E-state index contributed by atoms with van der Waals surface area (Å²) in [7, 11) is 0. The highest BCUT2D eigenvalue weighted by molar-refractivity contribution is 7.98. The molecule has 0 atom stereocenters. The van der Waals surface area contributed by atoms with Gasteiger partial charge in [0.1, 0.15) is 0 Å². The van der Waals surface area contributed by atoms with Crippen LogP contribution in [-0.2, 0) is 0 Å². The second kappa shape index (κ2) is 5.01. The standard InChI is InChI=1S/C13H12N2OS/c1-17-12-5-4-9(13(14)16)7-11(12)10-3-2-6-15-8-10/h2-8H,1H3,(H2,14,16). The highest BCUT2D eigenvalue weighted by atomic mass is 32.2. The number of rotatable bonds is 3. The van der Waals surface area contributed by atoms with Crippen LogP contribution in [0.3, 0.4) is 0 Å². The number of hydrogen-bond donors (Lipinski definition) is 1. The maximum atomic E-state index is 11.2. The van der Waals surface area contributed by atoms with Gasteiger partial charge in [0.05, 0.1) is 0 Å². The van der Waals surface area contributed by atoms with Gasteiger partial charge in [0.25, 0.3) is 0 Å². The summed E-state index contributed by atoms with van der Waals surface area (Å²) in [5.41, 5.74) is 7.78. The molecule has 2 N–H and O–H groups in total. The van der Waals surface area contributed by atoms with Gasteiger partial charge in [0, 0.05) is 28.4 Å². The molecule has 0 saturated carbocycles. The number of carbonyl (C=O) groups excluding carboxylic acids is 1. The van der Waals surface area contributed by atoms with E-state index in [1.54, 1.807) is 30.2 Å². The third kappa shape index (κ3) is 2.47. The van der Waals surface area contributed by atoms with Crippen LogP contribution in [-0.4, -0.2) is 17.1 Å². The molecule has 0 aliphatic carbocycles. The van der Waals surface area contributed by atoms with E-state index in [1.165, 1.54) is 0 Å². The maximum Gasteiger partial charge on any atom is 0.248 e. The predicted octanol–water partition coefficient (Wildman–Crippen LogP) is 2.57. The van der Waals surface area contributed by atoms with Crippen molar-refractivity contribution in [3.63, 3.8) is 0 Å². The molecule has 1 aromatic carbocycles. The zero-order valence-corrected chi connectivity index (χ0v) is 10.2. The highest BCUT2D eigenvalue weighted by Gasteiger charge is 2.08. The van der Waals surface area contributed by atoms with Crippen molar-refractivity contribution in [1.82, 2.24) is 4.98 Å². The van der Waals surface area contributed by atoms with Gasteiger partial charge in [-0.3, -0.25) is 9.78 Å². The second-order valence-corrected chi connectivity index (χ2v) is 4.37. The van der Waals surface area contributed by atoms with Gasteiger partial charge in [-0.2, -0.15) is 0 Å². The van der Waals surface area contributed by atoms with Crippen molar-refractivity contribution in [2.45, 2.75) is 4.90 Å². The minimum atomic E-state index is -0.414. The topological polar surface area (TPSA) is 56.0 Å². The number of nitrogens with two attached hydrogens (primary N) is 1.